The number of likely N-dealkylation sites (tertiary alicyclic amines) is 2. The number of hydrogen-bond donors (Lipinski definition) is 9. The van der Waals surface area contributed by atoms with Crippen LogP contribution in [0.25, 0.3) is 10.9 Å². The summed E-state index contributed by atoms with van der Waals surface area (Å²) in [5.74, 6) is -7.18. The third kappa shape index (κ3) is 10.9. The van der Waals surface area contributed by atoms with Crippen molar-refractivity contribution in [3.05, 3.63) is 71.9 Å². The number of aromatic nitrogens is 1. The van der Waals surface area contributed by atoms with Crippen molar-refractivity contribution in [2.75, 3.05) is 19.6 Å². The van der Waals surface area contributed by atoms with Gasteiger partial charge in [0.2, 0.25) is 35.4 Å². The fraction of sp³-hybridized carbons (Fsp3) is 0.488. The van der Waals surface area contributed by atoms with Gasteiger partial charge in [0.05, 0.1) is 18.6 Å². The number of aliphatic carboxylic acids is 2. The van der Waals surface area contributed by atoms with E-state index in [1.165, 1.54) is 11.8 Å². The minimum atomic E-state index is -1.72. The molecule has 2 aromatic carbocycles. The van der Waals surface area contributed by atoms with Gasteiger partial charge in [-0.2, -0.15) is 0 Å². The lowest BCUT2D eigenvalue weighted by Gasteiger charge is -2.32. The van der Waals surface area contributed by atoms with Crippen LogP contribution in [-0.4, -0.2) is 146 Å². The fourth-order valence-electron chi connectivity index (χ4n) is 8.50. The van der Waals surface area contributed by atoms with Crippen molar-refractivity contribution in [3.8, 4) is 0 Å². The minimum absolute atomic E-state index is 0.0953. The molecular formula is C43H54N8O11. The van der Waals surface area contributed by atoms with Gasteiger partial charge in [0.1, 0.15) is 36.3 Å². The predicted molar refractivity (Wildman–Crippen MR) is 222 cm³/mol. The van der Waals surface area contributed by atoms with Gasteiger partial charge in [-0.05, 0) is 69.2 Å². The minimum Gasteiger partial charge on any atom is -0.481 e. The summed E-state index contributed by atoms with van der Waals surface area (Å²) in [6.45, 7) is 2.55. The predicted octanol–water partition coefficient (Wildman–Crippen LogP) is -0.434. The molecule has 19 nitrogen and oxygen atoms in total. The number of benzene rings is 2. The molecule has 3 aromatic rings. The number of nitrogens with one attached hydrogen (secondary N) is 6. The van der Waals surface area contributed by atoms with Crippen LogP contribution in [0.4, 0.5) is 0 Å². The quantitative estimate of drug-likeness (QED) is 0.0789. The van der Waals surface area contributed by atoms with Crippen molar-refractivity contribution in [2.45, 2.75) is 113 Å². The number of para-hydroxylation sites is 1. The number of nitrogens with zero attached hydrogens (tertiary/aromatic N) is 2. The molecule has 0 aliphatic carbocycles. The molecule has 0 saturated carbocycles. The SMILES string of the molecule is C[C@@H](O)[C@H](NC(=O)[C@H](Cc1c[nH]c2ccccc12)NC(=O)[C@H](CC(=O)O)NC(=O)[C@@H]1CCCN1C(=O)[C@@H]1CCCN1C(=O)[C@@H]1CCCN1)C(=O)N[C@@H](Cc1ccccc1)C(=O)O. The van der Waals surface area contributed by atoms with E-state index in [1.54, 1.807) is 65.7 Å². The molecule has 0 radical (unpaired) electrons. The molecule has 3 fully saturated rings. The van der Waals surface area contributed by atoms with E-state index in [1.807, 2.05) is 0 Å². The van der Waals surface area contributed by atoms with E-state index >= 15 is 0 Å². The Bertz CT molecular complexity index is 2140. The van der Waals surface area contributed by atoms with E-state index in [-0.39, 0.29) is 37.8 Å². The molecule has 6 amide bonds. The standard InChI is InChI=1S/C43H54N8O11/c1-24(52)36(40(58)48-32(43(61)62)20-25-10-3-2-4-11-25)49-38(56)30(21-26-23-45-28-13-6-5-12-27(26)28)46-37(55)31(22-35(53)54)47-39(57)33-15-8-18-50(33)42(60)34-16-9-19-51(34)41(59)29-14-7-17-44-29/h2-6,10-13,23-24,29-34,36,44-45,52H,7-9,14-22H2,1H3,(H,46,55)(H,47,57)(H,48,58)(H,49,56)(H,53,54)(H,61,62)/t24-,29+,30+,31+,32+,33+,34+,36+/m1/s1. The second kappa shape index (κ2) is 20.5. The summed E-state index contributed by atoms with van der Waals surface area (Å²) < 4.78 is 0. The zero-order chi connectivity index (χ0) is 44.5. The molecule has 0 unspecified atom stereocenters. The first-order valence-electron chi connectivity index (χ1n) is 21.0. The van der Waals surface area contributed by atoms with Crippen LogP contribution in [0.1, 0.15) is 63.0 Å². The number of aliphatic hydroxyl groups excluding tert-OH is 1. The van der Waals surface area contributed by atoms with Gasteiger partial charge in [-0.1, -0.05) is 48.5 Å². The van der Waals surface area contributed by atoms with Crippen LogP contribution in [0.15, 0.2) is 60.8 Å². The highest BCUT2D eigenvalue weighted by atomic mass is 16.4. The van der Waals surface area contributed by atoms with Crippen LogP contribution in [0.5, 0.6) is 0 Å². The van der Waals surface area contributed by atoms with Gasteiger partial charge in [0, 0.05) is 43.0 Å². The third-order valence-electron chi connectivity index (χ3n) is 11.7. The van der Waals surface area contributed by atoms with Crippen LogP contribution in [0.2, 0.25) is 0 Å². The van der Waals surface area contributed by atoms with Gasteiger partial charge in [-0.3, -0.25) is 33.6 Å². The lowest BCUT2D eigenvalue weighted by molar-refractivity contribution is -0.148. The third-order valence-corrected chi connectivity index (χ3v) is 11.7. The molecule has 8 atom stereocenters. The summed E-state index contributed by atoms with van der Waals surface area (Å²) in [6.07, 6.45) is 2.13. The van der Waals surface area contributed by atoms with Crippen LogP contribution in [0.3, 0.4) is 0 Å². The van der Waals surface area contributed by atoms with Crippen molar-refractivity contribution in [1.82, 2.24) is 41.4 Å². The highest BCUT2D eigenvalue weighted by Crippen LogP contribution is 2.27. The summed E-state index contributed by atoms with van der Waals surface area (Å²) in [7, 11) is 0. The molecule has 19 heteroatoms. The lowest BCUT2D eigenvalue weighted by Crippen LogP contribution is -2.61. The van der Waals surface area contributed by atoms with E-state index in [9.17, 15) is 53.7 Å². The van der Waals surface area contributed by atoms with Gasteiger partial charge in [0.15, 0.2) is 0 Å². The molecule has 9 N–H and O–H groups in total. The molecular weight excluding hydrogens is 805 g/mol. The Morgan fingerprint density at radius 2 is 1.35 bits per heavy atom. The number of H-pyrrole nitrogens is 1. The average molecular weight is 859 g/mol. The molecule has 1 aromatic heterocycles. The fourth-order valence-corrected chi connectivity index (χ4v) is 8.50. The molecule has 0 bridgehead atoms. The highest BCUT2D eigenvalue weighted by molar-refractivity contribution is 5.99. The van der Waals surface area contributed by atoms with E-state index in [0.717, 1.165) is 6.42 Å². The van der Waals surface area contributed by atoms with Crippen molar-refractivity contribution < 1.29 is 53.7 Å². The Labute approximate surface area is 357 Å². The lowest BCUT2D eigenvalue weighted by atomic mass is 10.0. The average Bonchev–Trinajstić information content (AvgIpc) is 4.09. The van der Waals surface area contributed by atoms with Crippen LogP contribution >= 0.6 is 0 Å². The van der Waals surface area contributed by atoms with Gasteiger partial charge in [-0.15, -0.1) is 0 Å². The molecule has 4 heterocycles. The van der Waals surface area contributed by atoms with Crippen LogP contribution < -0.4 is 26.6 Å². The first kappa shape index (κ1) is 45.2. The molecule has 3 aliphatic rings. The maximum absolute atomic E-state index is 14.1. The van der Waals surface area contributed by atoms with Crippen molar-refractivity contribution >= 4 is 58.3 Å². The Kier molecular flexibility index (Phi) is 14.9. The first-order valence-corrected chi connectivity index (χ1v) is 21.0. The number of carbonyl (C=O) groups excluding carboxylic acids is 6. The Balaban J connectivity index is 1.18. The second-order valence-corrected chi connectivity index (χ2v) is 16.1. The van der Waals surface area contributed by atoms with Gasteiger partial charge in [-0.25, -0.2) is 4.79 Å². The largest absolute Gasteiger partial charge is 0.481 e. The van der Waals surface area contributed by atoms with Gasteiger partial charge < -0.3 is 56.7 Å². The monoisotopic (exact) mass is 858 g/mol. The Morgan fingerprint density at radius 3 is 2.02 bits per heavy atom. The highest BCUT2D eigenvalue weighted by Gasteiger charge is 2.44. The number of amides is 6. The Morgan fingerprint density at radius 1 is 0.710 bits per heavy atom. The smallest absolute Gasteiger partial charge is 0.326 e. The summed E-state index contributed by atoms with van der Waals surface area (Å²) in [6, 6.07) is 7.09. The van der Waals surface area contributed by atoms with E-state index in [2.05, 4.69) is 31.6 Å². The molecule has 6 rings (SSSR count). The van der Waals surface area contributed by atoms with Crippen LogP contribution in [0, 0.1) is 0 Å². The molecule has 3 saturated heterocycles. The number of rotatable bonds is 18. The van der Waals surface area contributed by atoms with Crippen molar-refractivity contribution in [1.29, 1.82) is 0 Å². The van der Waals surface area contributed by atoms with E-state index in [4.69, 9.17) is 0 Å². The van der Waals surface area contributed by atoms with Crippen molar-refractivity contribution in [3.63, 3.8) is 0 Å². The number of aromatic amines is 1. The number of carbonyl (C=O) groups is 8. The van der Waals surface area contributed by atoms with Gasteiger partial charge >= 0.3 is 11.9 Å². The van der Waals surface area contributed by atoms with Gasteiger partial charge in [0.25, 0.3) is 0 Å². The first-order chi connectivity index (χ1) is 29.7. The maximum Gasteiger partial charge on any atom is 0.326 e. The number of hydrogen-bond acceptors (Lipinski definition) is 10. The summed E-state index contributed by atoms with van der Waals surface area (Å²) in [5, 5.41) is 44.1. The summed E-state index contributed by atoms with van der Waals surface area (Å²) >= 11 is 0. The molecule has 3 aliphatic heterocycles. The second-order valence-electron chi connectivity index (χ2n) is 16.1. The number of fused-ring (bicyclic) bond motifs is 1. The maximum atomic E-state index is 14.1. The van der Waals surface area contributed by atoms with E-state index < -0.39 is 90.3 Å². The zero-order valence-electron chi connectivity index (χ0n) is 34.4. The van der Waals surface area contributed by atoms with E-state index in [0.29, 0.717) is 60.8 Å². The molecule has 332 valence electrons. The number of carboxylic acids is 2. The zero-order valence-corrected chi connectivity index (χ0v) is 34.4. The van der Waals surface area contributed by atoms with Crippen molar-refractivity contribution in [2.24, 2.45) is 0 Å². The number of carboxylic acid groups (broad SMARTS) is 2. The summed E-state index contributed by atoms with van der Waals surface area (Å²) in [5.41, 5.74) is 1.87. The number of aliphatic hydroxyl groups is 1. The molecule has 0 spiro atoms. The normalized spacial score (nSPS) is 21.0. The topological polar surface area (TPSA) is 280 Å². The summed E-state index contributed by atoms with van der Waals surface area (Å²) in [4.78, 5) is 113. The molecule has 62 heavy (non-hydrogen) atoms. The Hall–Kier alpha value is -6.34. The van der Waals surface area contributed by atoms with Crippen LogP contribution in [-0.2, 0) is 51.2 Å².